The van der Waals surface area contributed by atoms with E-state index < -0.39 is 0 Å². The summed E-state index contributed by atoms with van der Waals surface area (Å²) in [7, 11) is 2.16. The third-order valence-electron chi connectivity index (χ3n) is 4.66. The molecule has 1 heteroatoms. The van der Waals surface area contributed by atoms with Gasteiger partial charge in [-0.15, -0.1) is 0 Å². The van der Waals surface area contributed by atoms with Crippen LogP contribution in [-0.2, 0) is 0 Å². The van der Waals surface area contributed by atoms with Gasteiger partial charge in [-0.05, 0) is 44.1 Å². The highest BCUT2D eigenvalue weighted by Crippen LogP contribution is 2.33. The summed E-state index contributed by atoms with van der Waals surface area (Å²) < 4.78 is 0. The first kappa shape index (κ1) is 14.0. The van der Waals surface area contributed by atoms with Gasteiger partial charge in [0, 0.05) is 6.04 Å². The molecule has 3 atom stereocenters. The molecular weight excluding hydrogens is 194 g/mol. The maximum Gasteiger partial charge on any atom is 0.00950 e. The van der Waals surface area contributed by atoms with Crippen molar-refractivity contribution in [3.63, 3.8) is 0 Å². The molecule has 1 rings (SSSR count). The third-order valence-corrected chi connectivity index (χ3v) is 4.66. The molecule has 0 aromatic rings. The molecule has 0 aromatic carbocycles. The molecule has 0 spiro atoms. The summed E-state index contributed by atoms with van der Waals surface area (Å²) in [5.74, 6) is 2.82. The van der Waals surface area contributed by atoms with Crippen LogP contribution in [0.5, 0.6) is 0 Å². The van der Waals surface area contributed by atoms with Crippen LogP contribution in [0.4, 0.5) is 0 Å². The van der Waals surface area contributed by atoms with Crippen molar-refractivity contribution in [2.24, 2.45) is 17.8 Å². The van der Waals surface area contributed by atoms with Crippen molar-refractivity contribution in [3.05, 3.63) is 0 Å². The van der Waals surface area contributed by atoms with Crippen molar-refractivity contribution >= 4 is 0 Å². The molecular formula is C15H31N. The van der Waals surface area contributed by atoms with Crippen LogP contribution < -0.4 is 5.32 Å². The van der Waals surface area contributed by atoms with Gasteiger partial charge in [0.25, 0.3) is 0 Å². The first-order valence-corrected chi connectivity index (χ1v) is 7.38. The standard InChI is InChI=1S/C15H31N/c1-5-13(6-2)11-15(16-4)14-9-7-8-12(3)10-14/h12-16H,5-11H2,1-4H3. The van der Waals surface area contributed by atoms with Crippen molar-refractivity contribution in [3.8, 4) is 0 Å². The predicted octanol–water partition coefficient (Wildman–Crippen LogP) is 4.23. The average Bonchev–Trinajstić information content (AvgIpc) is 2.31. The molecule has 1 saturated carbocycles. The highest BCUT2D eigenvalue weighted by atomic mass is 14.9. The van der Waals surface area contributed by atoms with Gasteiger partial charge in [0.2, 0.25) is 0 Å². The van der Waals surface area contributed by atoms with Crippen molar-refractivity contribution in [2.75, 3.05) is 7.05 Å². The lowest BCUT2D eigenvalue weighted by molar-refractivity contribution is 0.202. The molecule has 0 heterocycles. The lowest BCUT2D eigenvalue weighted by Crippen LogP contribution is -2.37. The topological polar surface area (TPSA) is 12.0 Å². The molecule has 1 aliphatic rings. The second kappa shape index (κ2) is 7.32. The summed E-state index contributed by atoms with van der Waals surface area (Å²) in [5, 5.41) is 3.59. The zero-order valence-corrected chi connectivity index (χ0v) is 11.8. The van der Waals surface area contributed by atoms with E-state index in [4.69, 9.17) is 0 Å². The van der Waals surface area contributed by atoms with E-state index in [1.54, 1.807) is 0 Å². The quantitative estimate of drug-likeness (QED) is 0.713. The highest BCUT2D eigenvalue weighted by Gasteiger charge is 2.26. The number of rotatable bonds is 6. The molecule has 0 saturated heterocycles. The minimum Gasteiger partial charge on any atom is -0.317 e. The highest BCUT2D eigenvalue weighted by molar-refractivity contribution is 4.82. The first-order chi connectivity index (χ1) is 7.71. The Balaban J connectivity index is 2.45. The van der Waals surface area contributed by atoms with Crippen LogP contribution in [0.2, 0.25) is 0 Å². The predicted molar refractivity (Wildman–Crippen MR) is 72.7 cm³/mol. The summed E-state index contributed by atoms with van der Waals surface area (Å²) in [6.07, 6.45) is 9.89. The van der Waals surface area contributed by atoms with Crippen molar-refractivity contribution in [2.45, 2.75) is 71.8 Å². The van der Waals surface area contributed by atoms with Crippen LogP contribution in [0, 0.1) is 17.8 Å². The minimum atomic E-state index is 0.771. The van der Waals surface area contributed by atoms with Gasteiger partial charge in [-0.25, -0.2) is 0 Å². The second-order valence-electron chi connectivity index (χ2n) is 5.85. The normalized spacial score (nSPS) is 28.3. The minimum absolute atomic E-state index is 0.771. The zero-order valence-electron chi connectivity index (χ0n) is 11.8. The number of hydrogen-bond donors (Lipinski definition) is 1. The first-order valence-electron chi connectivity index (χ1n) is 7.38. The lowest BCUT2D eigenvalue weighted by atomic mass is 9.76. The van der Waals surface area contributed by atoms with Crippen LogP contribution in [-0.4, -0.2) is 13.1 Å². The van der Waals surface area contributed by atoms with Crippen LogP contribution in [0.15, 0.2) is 0 Å². The fourth-order valence-corrected chi connectivity index (χ4v) is 3.37. The monoisotopic (exact) mass is 225 g/mol. The van der Waals surface area contributed by atoms with E-state index in [1.807, 2.05) is 0 Å². The Morgan fingerprint density at radius 1 is 1.19 bits per heavy atom. The van der Waals surface area contributed by atoms with E-state index in [0.717, 1.165) is 23.8 Å². The lowest BCUT2D eigenvalue weighted by Gasteiger charge is -2.34. The molecule has 16 heavy (non-hydrogen) atoms. The fourth-order valence-electron chi connectivity index (χ4n) is 3.37. The van der Waals surface area contributed by atoms with Gasteiger partial charge in [-0.3, -0.25) is 0 Å². The summed E-state index contributed by atoms with van der Waals surface area (Å²) in [6, 6.07) is 0.771. The largest absolute Gasteiger partial charge is 0.317 e. The van der Waals surface area contributed by atoms with Gasteiger partial charge in [0.1, 0.15) is 0 Å². The summed E-state index contributed by atoms with van der Waals surface area (Å²) in [4.78, 5) is 0. The molecule has 1 N–H and O–H groups in total. The SMILES string of the molecule is CCC(CC)CC(NC)C1CCCC(C)C1. The summed E-state index contributed by atoms with van der Waals surface area (Å²) in [6.45, 7) is 7.10. The molecule has 1 nitrogen and oxygen atoms in total. The average molecular weight is 225 g/mol. The van der Waals surface area contributed by atoms with Gasteiger partial charge < -0.3 is 5.32 Å². The smallest absolute Gasteiger partial charge is 0.00950 e. The Labute approximate surface area is 102 Å². The Morgan fingerprint density at radius 2 is 1.88 bits per heavy atom. The Kier molecular flexibility index (Phi) is 6.41. The molecule has 96 valence electrons. The Bertz CT molecular complexity index is 174. The molecule has 0 amide bonds. The van der Waals surface area contributed by atoms with E-state index in [1.165, 1.54) is 44.9 Å². The summed E-state index contributed by atoms with van der Waals surface area (Å²) in [5.41, 5.74) is 0. The van der Waals surface area contributed by atoms with E-state index in [-0.39, 0.29) is 0 Å². The summed E-state index contributed by atoms with van der Waals surface area (Å²) >= 11 is 0. The van der Waals surface area contributed by atoms with Crippen LogP contribution in [0.25, 0.3) is 0 Å². The molecule has 3 unspecified atom stereocenters. The molecule has 1 aliphatic carbocycles. The Morgan fingerprint density at radius 3 is 2.38 bits per heavy atom. The third kappa shape index (κ3) is 4.08. The molecule has 0 aromatic heterocycles. The van der Waals surface area contributed by atoms with Crippen LogP contribution >= 0.6 is 0 Å². The fraction of sp³-hybridized carbons (Fsp3) is 1.00. The van der Waals surface area contributed by atoms with Gasteiger partial charge in [-0.1, -0.05) is 46.5 Å². The van der Waals surface area contributed by atoms with E-state index in [0.29, 0.717) is 0 Å². The van der Waals surface area contributed by atoms with Crippen LogP contribution in [0.1, 0.15) is 65.7 Å². The molecule has 1 fully saturated rings. The maximum absolute atomic E-state index is 3.59. The van der Waals surface area contributed by atoms with Gasteiger partial charge >= 0.3 is 0 Å². The van der Waals surface area contributed by atoms with E-state index in [2.05, 4.69) is 33.1 Å². The van der Waals surface area contributed by atoms with Gasteiger partial charge in [0.15, 0.2) is 0 Å². The van der Waals surface area contributed by atoms with Crippen molar-refractivity contribution in [1.82, 2.24) is 5.32 Å². The second-order valence-corrected chi connectivity index (χ2v) is 5.85. The molecule has 0 bridgehead atoms. The van der Waals surface area contributed by atoms with Gasteiger partial charge in [-0.2, -0.15) is 0 Å². The van der Waals surface area contributed by atoms with E-state index in [9.17, 15) is 0 Å². The van der Waals surface area contributed by atoms with Crippen LogP contribution in [0.3, 0.4) is 0 Å². The number of hydrogen-bond acceptors (Lipinski definition) is 1. The molecule has 0 radical (unpaired) electrons. The van der Waals surface area contributed by atoms with Crippen molar-refractivity contribution < 1.29 is 0 Å². The van der Waals surface area contributed by atoms with Crippen molar-refractivity contribution in [1.29, 1.82) is 0 Å². The maximum atomic E-state index is 3.59. The van der Waals surface area contributed by atoms with Gasteiger partial charge in [0.05, 0.1) is 0 Å². The zero-order chi connectivity index (χ0) is 12.0. The Hall–Kier alpha value is -0.0400. The number of nitrogens with one attached hydrogen (secondary N) is 1. The van der Waals surface area contributed by atoms with E-state index >= 15 is 0 Å². The molecule has 0 aliphatic heterocycles.